The maximum absolute atomic E-state index is 12.4. The van der Waals surface area contributed by atoms with Crippen molar-refractivity contribution in [3.8, 4) is 5.75 Å². The lowest BCUT2D eigenvalue weighted by Crippen LogP contribution is -2.51. The smallest absolute Gasteiger partial charge is 0.253 e. The van der Waals surface area contributed by atoms with Gasteiger partial charge < -0.3 is 19.3 Å². The molecule has 0 radical (unpaired) electrons. The van der Waals surface area contributed by atoms with Crippen molar-refractivity contribution in [2.45, 2.75) is 6.92 Å². The zero-order valence-corrected chi connectivity index (χ0v) is 13.1. The van der Waals surface area contributed by atoms with Crippen molar-refractivity contribution in [1.29, 1.82) is 0 Å². The third-order valence-electron chi connectivity index (χ3n) is 3.69. The number of carbonyl (C=O) groups excluding carboxylic acids is 2. The molecule has 22 heavy (non-hydrogen) atoms. The van der Waals surface area contributed by atoms with E-state index in [1.165, 1.54) is 0 Å². The fourth-order valence-electron chi connectivity index (χ4n) is 2.36. The average Bonchev–Trinajstić information content (AvgIpc) is 2.59. The quantitative estimate of drug-likeness (QED) is 0.815. The maximum atomic E-state index is 12.4. The molecule has 2 rings (SSSR count). The Labute approximate surface area is 130 Å². The first kappa shape index (κ1) is 16.3. The largest absolute Gasteiger partial charge is 0.497 e. The van der Waals surface area contributed by atoms with Gasteiger partial charge in [-0.2, -0.15) is 0 Å². The van der Waals surface area contributed by atoms with Crippen molar-refractivity contribution in [2.75, 3.05) is 46.5 Å². The molecule has 0 atom stereocenters. The highest BCUT2D eigenvalue weighted by atomic mass is 16.5. The number of ether oxygens (including phenoxy) is 2. The molecule has 0 bridgehead atoms. The van der Waals surface area contributed by atoms with Crippen LogP contribution in [-0.4, -0.2) is 68.1 Å². The van der Waals surface area contributed by atoms with Crippen molar-refractivity contribution in [3.05, 3.63) is 29.8 Å². The van der Waals surface area contributed by atoms with Crippen LogP contribution in [0, 0.1) is 0 Å². The van der Waals surface area contributed by atoms with E-state index in [2.05, 4.69) is 0 Å². The van der Waals surface area contributed by atoms with Crippen LogP contribution in [0.2, 0.25) is 0 Å². The second-order valence-electron chi connectivity index (χ2n) is 5.04. The van der Waals surface area contributed by atoms with Crippen LogP contribution >= 0.6 is 0 Å². The van der Waals surface area contributed by atoms with Gasteiger partial charge in [-0.3, -0.25) is 9.59 Å². The van der Waals surface area contributed by atoms with E-state index in [0.29, 0.717) is 38.3 Å². The van der Waals surface area contributed by atoms with Crippen LogP contribution in [0.15, 0.2) is 24.3 Å². The fourth-order valence-corrected chi connectivity index (χ4v) is 2.36. The zero-order valence-electron chi connectivity index (χ0n) is 13.1. The van der Waals surface area contributed by atoms with Crippen LogP contribution in [-0.2, 0) is 9.53 Å². The van der Waals surface area contributed by atoms with Crippen molar-refractivity contribution in [2.24, 2.45) is 0 Å². The second-order valence-corrected chi connectivity index (χ2v) is 5.04. The van der Waals surface area contributed by atoms with E-state index in [1.54, 1.807) is 41.2 Å². The minimum Gasteiger partial charge on any atom is -0.497 e. The monoisotopic (exact) mass is 306 g/mol. The molecule has 6 heteroatoms. The Morgan fingerprint density at radius 3 is 2.18 bits per heavy atom. The van der Waals surface area contributed by atoms with Crippen LogP contribution in [0.25, 0.3) is 0 Å². The van der Waals surface area contributed by atoms with Gasteiger partial charge in [0.25, 0.3) is 5.91 Å². The van der Waals surface area contributed by atoms with Gasteiger partial charge in [0.05, 0.1) is 7.11 Å². The van der Waals surface area contributed by atoms with Gasteiger partial charge in [-0.15, -0.1) is 0 Å². The molecule has 1 aromatic carbocycles. The Morgan fingerprint density at radius 1 is 1.05 bits per heavy atom. The molecule has 1 saturated heterocycles. The highest BCUT2D eigenvalue weighted by Crippen LogP contribution is 2.14. The van der Waals surface area contributed by atoms with E-state index in [1.807, 2.05) is 6.92 Å². The number of hydrogen-bond donors (Lipinski definition) is 0. The molecule has 1 heterocycles. The summed E-state index contributed by atoms with van der Waals surface area (Å²) in [6.45, 7) is 4.69. The number of hydrogen-bond acceptors (Lipinski definition) is 4. The highest BCUT2D eigenvalue weighted by molar-refractivity contribution is 5.94. The zero-order chi connectivity index (χ0) is 15.9. The lowest BCUT2D eigenvalue weighted by Gasteiger charge is -2.34. The molecule has 0 unspecified atom stereocenters. The molecular formula is C16H22N2O4. The van der Waals surface area contributed by atoms with E-state index < -0.39 is 0 Å². The van der Waals surface area contributed by atoms with E-state index >= 15 is 0 Å². The van der Waals surface area contributed by atoms with Crippen molar-refractivity contribution in [3.63, 3.8) is 0 Å². The first-order valence-electron chi connectivity index (χ1n) is 7.44. The van der Waals surface area contributed by atoms with Gasteiger partial charge in [0.1, 0.15) is 12.4 Å². The summed E-state index contributed by atoms with van der Waals surface area (Å²) in [5.74, 6) is 0.695. The molecular weight excluding hydrogens is 284 g/mol. The Balaban J connectivity index is 1.87. The van der Waals surface area contributed by atoms with Gasteiger partial charge in [-0.05, 0) is 31.2 Å². The van der Waals surface area contributed by atoms with Crippen LogP contribution in [0.4, 0.5) is 0 Å². The number of benzene rings is 1. The Bertz CT molecular complexity index is 507. The minimum absolute atomic E-state index is 0.0143. The van der Waals surface area contributed by atoms with Gasteiger partial charge in [-0.25, -0.2) is 0 Å². The summed E-state index contributed by atoms with van der Waals surface area (Å²) in [5.41, 5.74) is 0.634. The van der Waals surface area contributed by atoms with E-state index in [-0.39, 0.29) is 18.4 Å². The van der Waals surface area contributed by atoms with Gasteiger partial charge in [0.2, 0.25) is 5.91 Å². The fraction of sp³-hybridized carbons (Fsp3) is 0.500. The average molecular weight is 306 g/mol. The Hall–Kier alpha value is -2.08. The van der Waals surface area contributed by atoms with E-state index in [9.17, 15) is 9.59 Å². The standard InChI is InChI=1S/C16H22N2O4/c1-3-22-12-15(19)17-8-10-18(11-9-17)16(20)13-4-6-14(21-2)7-5-13/h4-7H,3,8-12H2,1-2H3. The maximum Gasteiger partial charge on any atom is 0.253 e. The lowest BCUT2D eigenvalue weighted by molar-refractivity contribution is -0.137. The molecule has 120 valence electrons. The molecule has 1 aliphatic rings. The number of amides is 2. The van der Waals surface area contributed by atoms with Crippen LogP contribution < -0.4 is 4.74 Å². The van der Waals surface area contributed by atoms with Gasteiger partial charge in [0, 0.05) is 38.3 Å². The van der Waals surface area contributed by atoms with Gasteiger partial charge in [-0.1, -0.05) is 0 Å². The van der Waals surface area contributed by atoms with Crippen LogP contribution in [0.5, 0.6) is 5.75 Å². The van der Waals surface area contributed by atoms with E-state index in [0.717, 1.165) is 5.75 Å². The van der Waals surface area contributed by atoms with Crippen molar-refractivity contribution in [1.82, 2.24) is 9.80 Å². The molecule has 0 saturated carbocycles. The lowest BCUT2D eigenvalue weighted by atomic mass is 10.1. The first-order valence-corrected chi connectivity index (χ1v) is 7.44. The number of piperazine rings is 1. The van der Waals surface area contributed by atoms with Gasteiger partial charge in [0.15, 0.2) is 0 Å². The second kappa shape index (κ2) is 7.79. The van der Waals surface area contributed by atoms with Gasteiger partial charge >= 0.3 is 0 Å². The Morgan fingerprint density at radius 2 is 1.64 bits per heavy atom. The third-order valence-corrected chi connectivity index (χ3v) is 3.69. The summed E-state index contributed by atoms with van der Waals surface area (Å²) in [7, 11) is 1.59. The summed E-state index contributed by atoms with van der Waals surface area (Å²) in [5, 5.41) is 0. The minimum atomic E-state index is -0.0154. The molecule has 1 fully saturated rings. The topological polar surface area (TPSA) is 59.1 Å². The predicted octanol–water partition coefficient (Wildman–Crippen LogP) is 1.02. The molecule has 0 spiro atoms. The molecule has 6 nitrogen and oxygen atoms in total. The SMILES string of the molecule is CCOCC(=O)N1CCN(C(=O)c2ccc(OC)cc2)CC1. The summed E-state index contributed by atoms with van der Waals surface area (Å²) >= 11 is 0. The summed E-state index contributed by atoms with van der Waals surface area (Å²) in [6, 6.07) is 7.06. The molecule has 1 aromatic rings. The van der Waals surface area contributed by atoms with Crippen LogP contribution in [0.1, 0.15) is 17.3 Å². The number of rotatable bonds is 5. The molecule has 0 aromatic heterocycles. The normalized spacial score (nSPS) is 14.8. The van der Waals surface area contributed by atoms with E-state index in [4.69, 9.17) is 9.47 Å². The van der Waals surface area contributed by atoms with Crippen molar-refractivity contribution >= 4 is 11.8 Å². The van der Waals surface area contributed by atoms with Crippen LogP contribution in [0.3, 0.4) is 0 Å². The molecule has 2 amide bonds. The number of carbonyl (C=O) groups is 2. The summed E-state index contributed by atoms with van der Waals surface area (Å²) in [4.78, 5) is 27.8. The Kier molecular flexibility index (Phi) is 5.77. The predicted molar refractivity (Wildman–Crippen MR) is 82.0 cm³/mol. The highest BCUT2D eigenvalue weighted by Gasteiger charge is 2.24. The third kappa shape index (κ3) is 3.98. The first-order chi connectivity index (χ1) is 10.7. The van der Waals surface area contributed by atoms with Crippen molar-refractivity contribution < 1.29 is 19.1 Å². The molecule has 0 aliphatic carbocycles. The summed E-state index contributed by atoms with van der Waals surface area (Å²) < 4.78 is 10.2. The number of methoxy groups -OCH3 is 1. The number of nitrogens with zero attached hydrogens (tertiary/aromatic N) is 2. The summed E-state index contributed by atoms with van der Waals surface area (Å²) in [6.07, 6.45) is 0. The molecule has 1 aliphatic heterocycles. The molecule has 0 N–H and O–H groups in total.